The Morgan fingerprint density at radius 2 is 2.00 bits per heavy atom. The van der Waals surface area contributed by atoms with Crippen LogP contribution >= 0.6 is 23.2 Å². The molecule has 0 saturated heterocycles. The number of hydrogen-bond acceptors (Lipinski definition) is 2. The molecule has 2 rings (SSSR count). The van der Waals surface area contributed by atoms with Crippen LogP contribution in [0, 0.1) is 0 Å². The van der Waals surface area contributed by atoms with Crippen molar-refractivity contribution >= 4 is 28.9 Å². The SMILES string of the molecule is CCCC(Nc1cn(C)nc1CC)c1ccc(Cl)c(Cl)c1. The maximum Gasteiger partial charge on any atom is 0.0853 e. The minimum absolute atomic E-state index is 0.208. The van der Waals surface area contributed by atoms with Crippen LogP contribution in [-0.2, 0) is 13.5 Å². The standard InChI is InChI=1S/C16H21Cl2N3/c1-4-6-15(11-7-8-12(17)13(18)9-11)19-16-10-21(3)20-14(16)5-2/h7-10,15,19H,4-6H2,1-3H3. The van der Waals surface area contributed by atoms with Crippen molar-refractivity contribution < 1.29 is 0 Å². The molecule has 0 saturated carbocycles. The normalized spacial score (nSPS) is 12.4. The summed E-state index contributed by atoms with van der Waals surface area (Å²) in [5.74, 6) is 0. The predicted molar refractivity (Wildman–Crippen MR) is 90.3 cm³/mol. The highest BCUT2D eigenvalue weighted by Gasteiger charge is 2.15. The molecule has 1 aromatic heterocycles. The van der Waals surface area contributed by atoms with Crippen LogP contribution in [0.25, 0.3) is 0 Å². The van der Waals surface area contributed by atoms with Crippen LogP contribution in [0.2, 0.25) is 10.0 Å². The first-order chi connectivity index (χ1) is 10.0. The van der Waals surface area contributed by atoms with Gasteiger partial charge in [-0.2, -0.15) is 5.10 Å². The number of aromatic nitrogens is 2. The van der Waals surface area contributed by atoms with E-state index >= 15 is 0 Å². The molecule has 0 aliphatic heterocycles. The average Bonchev–Trinajstić information content (AvgIpc) is 2.81. The van der Waals surface area contributed by atoms with E-state index in [1.54, 1.807) is 0 Å². The van der Waals surface area contributed by atoms with E-state index in [0.717, 1.165) is 36.2 Å². The molecule has 1 N–H and O–H groups in total. The number of anilines is 1. The molecule has 3 nitrogen and oxygen atoms in total. The summed E-state index contributed by atoms with van der Waals surface area (Å²) >= 11 is 12.2. The van der Waals surface area contributed by atoms with Gasteiger partial charge in [0.1, 0.15) is 0 Å². The monoisotopic (exact) mass is 325 g/mol. The number of nitrogens with zero attached hydrogens (tertiary/aromatic N) is 2. The molecule has 0 radical (unpaired) electrons. The van der Waals surface area contributed by atoms with Crippen LogP contribution in [-0.4, -0.2) is 9.78 Å². The van der Waals surface area contributed by atoms with Gasteiger partial charge in [0, 0.05) is 13.2 Å². The van der Waals surface area contributed by atoms with Crippen LogP contribution in [0.5, 0.6) is 0 Å². The van der Waals surface area contributed by atoms with E-state index in [1.165, 1.54) is 0 Å². The largest absolute Gasteiger partial charge is 0.375 e. The summed E-state index contributed by atoms with van der Waals surface area (Å²) in [5.41, 5.74) is 3.32. The lowest BCUT2D eigenvalue weighted by atomic mass is 10.0. The number of nitrogens with one attached hydrogen (secondary N) is 1. The van der Waals surface area contributed by atoms with Gasteiger partial charge in [0.15, 0.2) is 0 Å². The molecule has 0 fully saturated rings. The molecule has 1 atom stereocenters. The van der Waals surface area contributed by atoms with Crippen LogP contribution in [0.1, 0.15) is 44.0 Å². The van der Waals surface area contributed by atoms with Crippen molar-refractivity contribution in [2.75, 3.05) is 5.32 Å². The van der Waals surface area contributed by atoms with Gasteiger partial charge >= 0.3 is 0 Å². The van der Waals surface area contributed by atoms with E-state index < -0.39 is 0 Å². The minimum Gasteiger partial charge on any atom is -0.375 e. The molecule has 0 bridgehead atoms. The first-order valence-corrected chi connectivity index (χ1v) is 8.04. The second kappa shape index (κ2) is 7.19. The first kappa shape index (κ1) is 16.2. The van der Waals surface area contributed by atoms with Gasteiger partial charge in [-0.05, 0) is 30.5 Å². The Kier molecular flexibility index (Phi) is 5.54. The average molecular weight is 326 g/mol. The molecule has 114 valence electrons. The number of aryl methyl sites for hydroxylation is 2. The van der Waals surface area contributed by atoms with E-state index in [1.807, 2.05) is 36.1 Å². The molecule has 1 unspecified atom stereocenters. The van der Waals surface area contributed by atoms with Crippen molar-refractivity contribution in [2.24, 2.45) is 7.05 Å². The summed E-state index contributed by atoms with van der Waals surface area (Å²) in [7, 11) is 1.94. The molecule has 1 aromatic carbocycles. The zero-order valence-electron chi connectivity index (χ0n) is 12.7. The van der Waals surface area contributed by atoms with Crippen molar-refractivity contribution in [1.29, 1.82) is 0 Å². The van der Waals surface area contributed by atoms with Crippen LogP contribution in [0.3, 0.4) is 0 Å². The van der Waals surface area contributed by atoms with Gasteiger partial charge in [-0.25, -0.2) is 0 Å². The molecule has 0 amide bonds. The molecule has 1 heterocycles. The topological polar surface area (TPSA) is 29.9 Å². The smallest absolute Gasteiger partial charge is 0.0853 e. The van der Waals surface area contributed by atoms with Crippen molar-refractivity contribution in [3.63, 3.8) is 0 Å². The van der Waals surface area contributed by atoms with Gasteiger partial charge in [-0.3, -0.25) is 4.68 Å². The van der Waals surface area contributed by atoms with Crippen LogP contribution in [0.15, 0.2) is 24.4 Å². The molecule has 0 aliphatic rings. The highest BCUT2D eigenvalue weighted by atomic mass is 35.5. The maximum absolute atomic E-state index is 6.15. The Balaban J connectivity index is 2.27. The lowest BCUT2D eigenvalue weighted by molar-refractivity contribution is 0.676. The number of halogens is 2. The Morgan fingerprint density at radius 3 is 2.62 bits per heavy atom. The fourth-order valence-electron chi connectivity index (χ4n) is 2.44. The Bertz CT molecular complexity index is 608. The van der Waals surface area contributed by atoms with Gasteiger partial charge in [-0.1, -0.05) is 49.5 Å². The quantitative estimate of drug-likeness (QED) is 0.786. The Morgan fingerprint density at radius 1 is 1.24 bits per heavy atom. The van der Waals surface area contributed by atoms with Gasteiger partial charge in [0.25, 0.3) is 0 Å². The van der Waals surface area contributed by atoms with E-state index in [4.69, 9.17) is 23.2 Å². The number of benzene rings is 1. The van der Waals surface area contributed by atoms with E-state index in [0.29, 0.717) is 10.0 Å². The van der Waals surface area contributed by atoms with Gasteiger partial charge in [0.05, 0.1) is 27.5 Å². The third-order valence-corrected chi connectivity index (χ3v) is 4.23. The lowest BCUT2D eigenvalue weighted by Gasteiger charge is -2.20. The summed E-state index contributed by atoms with van der Waals surface area (Å²) in [5, 5.41) is 9.26. The minimum atomic E-state index is 0.208. The summed E-state index contributed by atoms with van der Waals surface area (Å²) in [6.07, 6.45) is 5.04. The number of rotatable bonds is 6. The van der Waals surface area contributed by atoms with Gasteiger partial charge in [0.2, 0.25) is 0 Å². The van der Waals surface area contributed by atoms with E-state index in [9.17, 15) is 0 Å². The molecular weight excluding hydrogens is 305 g/mol. The molecule has 2 aromatic rings. The zero-order valence-corrected chi connectivity index (χ0v) is 14.2. The van der Waals surface area contributed by atoms with E-state index in [-0.39, 0.29) is 6.04 Å². The highest BCUT2D eigenvalue weighted by Crippen LogP contribution is 2.30. The van der Waals surface area contributed by atoms with Crippen molar-refractivity contribution in [2.45, 2.75) is 39.2 Å². The van der Waals surface area contributed by atoms with Crippen molar-refractivity contribution in [3.8, 4) is 0 Å². The molecule has 5 heteroatoms. The predicted octanol–water partition coefficient (Wildman–Crippen LogP) is 5.24. The molecule has 0 aliphatic carbocycles. The van der Waals surface area contributed by atoms with E-state index in [2.05, 4.69) is 24.3 Å². The molecular formula is C16H21Cl2N3. The fraction of sp³-hybridized carbons (Fsp3) is 0.438. The second-order valence-electron chi connectivity index (χ2n) is 5.18. The summed E-state index contributed by atoms with van der Waals surface area (Å²) in [6.45, 7) is 4.29. The molecule has 0 spiro atoms. The summed E-state index contributed by atoms with van der Waals surface area (Å²) < 4.78 is 1.85. The van der Waals surface area contributed by atoms with Crippen molar-refractivity contribution in [3.05, 3.63) is 45.7 Å². The fourth-order valence-corrected chi connectivity index (χ4v) is 2.75. The zero-order chi connectivity index (χ0) is 15.4. The Hall–Kier alpha value is -1.19. The Labute approximate surface area is 136 Å². The van der Waals surface area contributed by atoms with Crippen LogP contribution in [0.4, 0.5) is 5.69 Å². The summed E-state index contributed by atoms with van der Waals surface area (Å²) in [6, 6.07) is 6.04. The number of hydrogen-bond donors (Lipinski definition) is 1. The molecule has 21 heavy (non-hydrogen) atoms. The van der Waals surface area contributed by atoms with Gasteiger partial charge in [-0.15, -0.1) is 0 Å². The third-order valence-electron chi connectivity index (χ3n) is 3.49. The van der Waals surface area contributed by atoms with Crippen LogP contribution < -0.4 is 5.32 Å². The third kappa shape index (κ3) is 3.92. The summed E-state index contributed by atoms with van der Waals surface area (Å²) in [4.78, 5) is 0. The lowest BCUT2D eigenvalue weighted by Crippen LogP contribution is -2.11. The second-order valence-corrected chi connectivity index (χ2v) is 5.99. The maximum atomic E-state index is 6.15. The highest BCUT2D eigenvalue weighted by molar-refractivity contribution is 6.42. The van der Waals surface area contributed by atoms with Gasteiger partial charge < -0.3 is 5.32 Å². The first-order valence-electron chi connectivity index (χ1n) is 7.29. The van der Waals surface area contributed by atoms with Crippen molar-refractivity contribution in [1.82, 2.24) is 9.78 Å².